The van der Waals surface area contributed by atoms with Gasteiger partial charge in [0.05, 0.1) is 17.6 Å². The van der Waals surface area contributed by atoms with Crippen molar-refractivity contribution in [1.82, 2.24) is 20.2 Å². The number of hydrogen-bond donors (Lipinski definition) is 2. The van der Waals surface area contributed by atoms with Crippen LogP contribution in [0.1, 0.15) is 11.4 Å². The first kappa shape index (κ1) is 11.2. The maximum Gasteiger partial charge on any atom is 0.145 e. The normalized spacial score (nSPS) is 10.3. The molecule has 92 valence electrons. The average molecular weight is 250 g/mol. The Morgan fingerprint density at radius 3 is 3.00 bits per heavy atom. The van der Waals surface area contributed by atoms with E-state index in [-0.39, 0.29) is 0 Å². The van der Waals surface area contributed by atoms with Crippen molar-refractivity contribution in [2.45, 2.75) is 6.54 Å². The second-order valence-electron chi connectivity index (χ2n) is 3.97. The van der Waals surface area contributed by atoms with Crippen molar-refractivity contribution < 1.29 is 0 Å². The Morgan fingerprint density at radius 2 is 2.21 bits per heavy atom. The molecule has 3 rings (SSSR count). The van der Waals surface area contributed by atoms with Gasteiger partial charge in [-0.3, -0.25) is 5.10 Å². The van der Waals surface area contributed by atoms with Gasteiger partial charge in [-0.2, -0.15) is 10.4 Å². The van der Waals surface area contributed by atoms with Crippen LogP contribution in [0.25, 0.3) is 10.9 Å². The van der Waals surface area contributed by atoms with Gasteiger partial charge in [-0.25, -0.2) is 9.97 Å². The molecule has 0 bridgehead atoms. The van der Waals surface area contributed by atoms with Gasteiger partial charge >= 0.3 is 0 Å². The third-order valence-electron chi connectivity index (χ3n) is 2.73. The molecule has 2 heterocycles. The number of aromatic amines is 1. The zero-order chi connectivity index (χ0) is 13.1. The molecule has 0 spiro atoms. The quantitative estimate of drug-likeness (QED) is 0.740. The van der Waals surface area contributed by atoms with E-state index < -0.39 is 0 Å². The predicted octanol–water partition coefficient (Wildman–Crippen LogP) is 1.84. The van der Waals surface area contributed by atoms with Crippen LogP contribution in [0.4, 0.5) is 5.82 Å². The van der Waals surface area contributed by atoms with Crippen LogP contribution >= 0.6 is 0 Å². The minimum absolute atomic E-state index is 0.444. The second kappa shape index (κ2) is 4.74. The van der Waals surface area contributed by atoms with Crippen molar-refractivity contribution in [2.75, 3.05) is 5.32 Å². The number of aromatic nitrogens is 4. The molecule has 0 aliphatic heterocycles. The van der Waals surface area contributed by atoms with Crippen LogP contribution in [-0.2, 0) is 6.54 Å². The Bertz CT molecular complexity index is 741. The summed E-state index contributed by atoms with van der Waals surface area (Å²) in [5, 5.41) is 19.7. The van der Waals surface area contributed by atoms with Gasteiger partial charge in [0.1, 0.15) is 24.0 Å². The van der Waals surface area contributed by atoms with Crippen LogP contribution in [0.2, 0.25) is 0 Å². The van der Waals surface area contributed by atoms with Crippen molar-refractivity contribution >= 4 is 16.7 Å². The lowest BCUT2D eigenvalue weighted by molar-refractivity contribution is 0.948. The van der Waals surface area contributed by atoms with E-state index in [9.17, 15) is 0 Å². The summed E-state index contributed by atoms with van der Waals surface area (Å²) in [5.41, 5.74) is 1.36. The summed E-state index contributed by atoms with van der Waals surface area (Å²) < 4.78 is 0. The largest absolute Gasteiger partial charge is 0.362 e. The molecule has 0 saturated carbocycles. The number of rotatable bonds is 3. The van der Waals surface area contributed by atoms with E-state index in [4.69, 9.17) is 5.26 Å². The average Bonchev–Trinajstić information content (AvgIpc) is 2.97. The van der Waals surface area contributed by atoms with E-state index in [1.54, 1.807) is 0 Å². The summed E-state index contributed by atoms with van der Waals surface area (Å²) in [6.07, 6.45) is 1.44. The Kier molecular flexibility index (Phi) is 2.79. The number of pyridine rings is 1. The summed E-state index contributed by atoms with van der Waals surface area (Å²) in [7, 11) is 0. The fourth-order valence-electron chi connectivity index (χ4n) is 1.82. The summed E-state index contributed by atoms with van der Waals surface area (Å²) in [4.78, 5) is 8.46. The number of H-pyrrole nitrogens is 1. The highest BCUT2D eigenvalue weighted by Crippen LogP contribution is 2.19. The molecular formula is C13H10N6. The number of nitrogens with one attached hydrogen (secondary N) is 2. The van der Waals surface area contributed by atoms with Gasteiger partial charge in [0.2, 0.25) is 0 Å². The fourth-order valence-corrected chi connectivity index (χ4v) is 1.82. The molecule has 6 nitrogen and oxygen atoms in total. The summed E-state index contributed by atoms with van der Waals surface area (Å²) in [6, 6.07) is 11.7. The van der Waals surface area contributed by atoms with Gasteiger partial charge < -0.3 is 5.32 Å². The van der Waals surface area contributed by atoms with Gasteiger partial charge in [-0.15, -0.1) is 0 Å². The number of fused-ring (bicyclic) bond motifs is 1. The summed E-state index contributed by atoms with van der Waals surface area (Å²) in [6.45, 7) is 0.444. The van der Waals surface area contributed by atoms with Crippen molar-refractivity contribution in [1.29, 1.82) is 5.26 Å². The molecular weight excluding hydrogens is 240 g/mol. The van der Waals surface area contributed by atoms with Crippen LogP contribution in [0, 0.1) is 11.3 Å². The topological polar surface area (TPSA) is 90.3 Å². The molecule has 0 amide bonds. The van der Waals surface area contributed by atoms with Crippen molar-refractivity contribution in [3.63, 3.8) is 0 Å². The van der Waals surface area contributed by atoms with E-state index in [0.29, 0.717) is 23.8 Å². The van der Waals surface area contributed by atoms with E-state index in [1.807, 2.05) is 30.3 Å². The lowest BCUT2D eigenvalue weighted by Gasteiger charge is -2.07. The zero-order valence-corrected chi connectivity index (χ0v) is 9.96. The van der Waals surface area contributed by atoms with Crippen LogP contribution in [0.3, 0.4) is 0 Å². The number of nitrogens with zero attached hydrogens (tertiary/aromatic N) is 4. The van der Waals surface area contributed by atoms with E-state index in [2.05, 4.69) is 31.6 Å². The number of para-hydroxylation sites is 1. The fraction of sp³-hybridized carbons (Fsp3) is 0.0769. The summed E-state index contributed by atoms with van der Waals surface area (Å²) in [5.74, 6) is 1.25. The molecule has 0 aliphatic rings. The highest BCUT2D eigenvalue weighted by molar-refractivity contribution is 5.82. The van der Waals surface area contributed by atoms with Gasteiger partial charge in [0.15, 0.2) is 0 Å². The van der Waals surface area contributed by atoms with Gasteiger partial charge in [0.25, 0.3) is 0 Å². The van der Waals surface area contributed by atoms with Crippen molar-refractivity contribution in [3.8, 4) is 6.07 Å². The standard InChI is InChI=1S/C13H10N6/c14-6-10-5-9-3-1-2-4-11(9)18-13(10)15-7-12-16-8-17-19-12/h1-5,8H,7H2,(H,15,18)(H,16,17,19). The number of benzene rings is 1. The third kappa shape index (κ3) is 2.21. The molecule has 0 radical (unpaired) electrons. The monoisotopic (exact) mass is 250 g/mol. The van der Waals surface area contributed by atoms with Crippen LogP contribution < -0.4 is 5.32 Å². The van der Waals surface area contributed by atoms with Crippen LogP contribution in [-0.4, -0.2) is 20.2 Å². The van der Waals surface area contributed by atoms with Crippen molar-refractivity contribution in [3.05, 3.63) is 48.0 Å². The molecule has 3 aromatic rings. The molecule has 2 N–H and O–H groups in total. The highest BCUT2D eigenvalue weighted by atomic mass is 15.2. The molecule has 0 aliphatic carbocycles. The lowest BCUT2D eigenvalue weighted by atomic mass is 10.1. The smallest absolute Gasteiger partial charge is 0.145 e. The molecule has 19 heavy (non-hydrogen) atoms. The minimum atomic E-state index is 0.444. The molecule has 0 unspecified atom stereocenters. The van der Waals surface area contributed by atoms with Gasteiger partial charge in [-0.1, -0.05) is 18.2 Å². The van der Waals surface area contributed by atoms with Crippen LogP contribution in [0.5, 0.6) is 0 Å². The third-order valence-corrected chi connectivity index (χ3v) is 2.73. The first-order valence-corrected chi connectivity index (χ1v) is 5.75. The van der Waals surface area contributed by atoms with E-state index in [1.165, 1.54) is 6.33 Å². The number of anilines is 1. The Balaban J connectivity index is 1.95. The zero-order valence-electron chi connectivity index (χ0n) is 9.96. The highest BCUT2D eigenvalue weighted by Gasteiger charge is 2.06. The maximum absolute atomic E-state index is 9.17. The minimum Gasteiger partial charge on any atom is -0.362 e. The maximum atomic E-state index is 9.17. The van der Waals surface area contributed by atoms with Gasteiger partial charge in [-0.05, 0) is 12.1 Å². The molecule has 2 aromatic heterocycles. The SMILES string of the molecule is N#Cc1cc2ccccc2nc1NCc1ncn[nH]1. The predicted molar refractivity (Wildman–Crippen MR) is 70.2 cm³/mol. The van der Waals surface area contributed by atoms with E-state index in [0.717, 1.165) is 10.9 Å². The first-order chi connectivity index (χ1) is 9.36. The molecule has 0 atom stereocenters. The molecule has 1 aromatic carbocycles. The Hall–Kier alpha value is -2.94. The Labute approximate surface area is 109 Å². The molecule has 0 saturated heterocycles. The van der Waals surface area contributed by atoms with E-state index >= 15 is 0 Å². The Morgan fingerprint density at radius 1 is 1.32 bits per heavy atom. The molecule has 0 fully saturated rings. The number of hydrogen-bond acceptors (Lipinski definition) is 5. The molecule has 6 heteroatoms. The van der Waals surface area contributed by atoms with Crippen LogP contribution in [0.15, 0.2) is 36.7 Å². The van der Waals surface area contributed by atoms with Crippen molar-refractivity contribution in [2.24, 2.45) is 0 Å². The first-order valence-electron chi connectivity index (χ1n) is 5.75. The van der Waals surface area contributed by atoms with Gasteiger partial charge in [0, 0.05) is 5.39 Å². The lowest BCUT2D eigenvalue weighted by Crippen LogP contribution is -2.05. The number of nitriles is 1. The summed E-state index contributed by atoms with van der Waals surface area (Å²) >= 11 is 0. The second-order valence-corrected chi connectivity index (χ2v) is 3.97.